The first-order chi connectivity index (χ1) is 10.8. The zero-order valence-electron chi connectivity index (χ0n) is 15.4. The number of allylic oxidation sites excluding steroid dienone is 1. The van der Waals surface area contributed by atoms with Crippen molar-refractivity contribution in [2.45, 2.75) is 104 Å². The maximum atomic E-state index is 6.23. The standard InChI is InChI=1S/C20H39NO/c1-4-6-16-21-18(3)19-14-12-10-8-9-11-13-15-20(19)22-17-7-5-2/h18,21H,4-17H2,1-3H3/b20-19-. The van der Waals surface area contributed by atoms with E-state index in [1.165, 1.54) is 76.4 Å². The third kappa shape index (κ3) is 8.22. The summed E-state index contributed by atoms with van der Waals surface area (Å²) in [5.74, 6) is 1.33. The minimum Gasteiger partial charge on any atom is -0.498 e. The molecule has 2 heteroatoms. The minimum absolute atomic E-state index is 0.475. The molecule has 0 heterocycles. The fraction of sp³-hybridized carbons (Fsp3) is 0.900. The van der Waals surface area contributed by atoms with Gasteiger partial charge in [-0.25, -0.2) is 0 Å². The third-order valence-electron chi connectivity index (χ3n) is 4.74. The van der Waals surface area contributed by atoms with Crippen molar-refractivity contribution in [3.63, 3.8) is 0 Å². The van der Waals surface area contributed by atoms with E-state index in [0.29, 0.717) is 6.04 Å². The highest BCUT2D eigenvalue weighted by molar-refractivity contribution is 5.15. The molecule has 0 bridgehead atoms. The van der Waals surface area contributed by atoms with Crippen molar-refractivity contribution in [2.75, 3.05) is 13.2 Å². The molecule has 0 radical (unpaired) electrons. The first kappa shape index (κ1) is 19.5. The van der Waals surface area contributed by atoms with Gasteiger partial charge in [-0.3, -0.25) is 0 Å². The Kier molecular flexibility index (Phi) is 11.5. The van der Waals surface area contributed by atoms with Crippen LogP contribution in [0.25, 0.3) is 0 Å². The van der Waals surface area contributed by atoms with Crippen molar-refractivity contribution >= 4 is 0 Å². The van der Waals surface area contributed by atoms with E-state index >= 15 is 0 Å². The second kappa shape index (κ2) is 13.0. The third-order valence-corrected chi connectivity index (χ3v) is 4.74. The predicted octanol–water partition coefficient (Wildman–Crippen LogP) is 5.97. The lowest BCUT2D eigenvalue weighted by atomic mass is 9.95. The van der Waals surface area contributed by atoms with Gasteiger partial charge in [0.25, 0.3) is 0 Å². The predicted molar refractivity (Wildman–Crippen MR) is 97.2 cm³/mol. The van der Waals surface area contributed by atoms with Crippen LogP contribution >= 0.6 is 0 Å². The molecular formula is C20H39NO. The van der Waals surface area contributed by atoms with Crippen LogP contribution in [0.3, 0.4) is 0 Å². The number of ether oxygens (including phenoxy) is 1. The van der Waals surface area contributed by atoms with Crippen molar-refractivity contribution in [3.8, 4) is 0 Å². The first-order valence-corrected chi connectivity index (χ1v) is 9.87. The van der Waals surface area contributed by atoms with Gasteiger partial charge < -0.3 is 10.1 Å². The van der Waals surface area contributed by atoms with Crippen molar-refractivity contribution in [2.24, 2.45) is 0 Å². The van der Waals surface area contributed by atoms with E-state index in [9.17, 15) is 0 Å². The summed E-state index contributed by atoms with van der Waals surface area (Å²) in [5, 5.41) is 3.72. The average Bonchev–Trinajstić information content (AvgIpc) is 2.53. The van der Waals surface area contributed by atoms with Crippen molar-refractivity contribution in [1.82, 2.24) is 5.32 Å². The van der Waals surface area contributed by atoms with Crippen LogP contribution in [-0.4, -0.2) is 19.2 Å². The number of nitrogens with one attached hydrogen (secondary N) is 1. The van der Waals surface area contributed by atoms with Crippen LogP contribution in [0.4, 0.5) is 0 Å². The molecule has 1 rings (SSSR count). The molecule has 0 aromatic heterocycles. The Bertz CT molecular complexity index is 298. The summed E-state index contributed by atoms with van der Waals surface area (Å²) < 4.78 is 6.23. The smallest absolute Gasteiger partial charge is 0.0967 e. The van der Waals surface area contributed by atoms with E-state index in [2.05, 4.69) is 26.1 Å². The second-order valence-electron chi connectivity index (χ2n) is 6.80. The molecule has 0 saturated carbocycles. The molecule has 1 aliphatic rings. The Morgan fingerprint density at radius 2 is 1.55 bits per heavy atom. The van der Waals surface area contributed by atoms with Crippen LogP contribution in [0.15, 0.2) is 11.3 Å². The molecule has 2 nitrogen and oxygen atoms in total. The number of hydrogen-bond acceptors (Lipinski definition) is 2. The summed E-state index contributed by atoms with van der Waals surface area (Å²) in [7, 11) is 0. The molecule has 0 spiro atoms. The molecular weight excluding hydrogens is 270 g/mol. The summed E-state index contributed by atoms with van der Waals surface area (Å²) in [6, 6.07) is 0.475. The highest BCUT2D eigenvalue weighted by Gasteiger charge is 2.16. The fourth-order valence-corrected chi connectivity index (χ4v) is 3.19. The molecule has 0 fully saturated rings. The second-order valence-corrected chi connectivity index (χ2v) is 6.80. The van der Waals surface area contributed by atoms with Crippen molar-refractivity contribution < 1.29 is 4.74 Å². The maximum Gasteiger partial charge on any atom is 0.0967 e. The van der Waals surface area contributed by atoms with Gasteiger partial charge in [0.15, 0.2) is 0 Å². The van der Waals surface area contributed by atoms with Gasteiger partial charge in [0.05, 0.1) is 12.4 Å². The molecule has 1 unspecified atom stereocenters. The van der Waals surface area contributed by atoms with Gasteiger partial charge in [-0.1, -0.05) is 52.4 Å². The lowest BCUT2D eigenvalue weighted by Gasteiger charge is -2.24. The molecule has 0 amide bonds. The van der Waals surface area contributed by atoms with Crippen LogP contribution in [0.1, 0.15) is 97.8 Å². The van der Waals surface area contributed by atoms with E-state index in [0.717, 1.165) is 19.6 Å². The molecule has 22 heavy (non-hydrogen) atoms. The van der Waals surface area contributed by atoms with E-state index in [1.807, 2.05) is 0 Å². The van der Waals surface area contributed by atoms with Gasteiger partial charge in [-0.15, -0.1) is 0 Å². The van der Waals surface area contributed by atoms with Crippen LogP contribution in [0, 0.1) is 0 Å². The lowest BCUT2D eigenvalue weighted by molar-refractivity contribution is 0.188. The largest absolute Gasteiger partial charge is 0.498 e. The Balaban J connectivity index is 2.72. The van der Waals surface area contributed by atoms with Gasteiger partial charge in [0, 0.05) is 12.5 Å². The summed E-state index contributed by atoms with van der Waals surface area (Å²) >= 11 is 0. The molecule has 0 aromatic carbocycles. The van der Waals surface area contributed by atoms with Gasteiger partial charge in [-0.2, -0.15) is 0 Å². The molecule has 130 valence electrons. The number of unbranched alkanes of at least 4 members (excludes halogenated alkanes) is 2. The summed E-state index contributed by atoms with van der Waals surface area (Å²) in [6.45, 7) is 8.86. The van der Waals surface area contributed by atoms with Crippen LogP contribution < -0.4 is 5.32 Å². The topological polar surface area (TPSA) is 21.3 Å². The number of rotatable bonds is 9. The van der Waals surface area contributed by atoms with Gasteiger partial charge in [0.2, 0.25) is 0 Å². The van der Waals surface area contributed by atoms with Crippen molar-refractivity contribution in [1.29, 1.82) is 0 Å². The quantitative estimate of drug-likeness (QED) is 0.530. The Hall–Kier alpha value is -0.500. The highest BCUT2D eigenvalue weighted by atomic mass is 16.5. The van der Waals surface area contributed by atoms with Crippen molar-refractivity contribution in [3.05, 3.63) is 11.3 Å². The Morgan fingerprint density at radius 1 is 0.909 bits per heavy atom. The van der Waals surface area contributed by atoms with E-state index in [1.54, 1.807) is 5.57 Å². The van der Waals surface area contributed by atoms with Crippen LogP contribution in [0.2, 0.25) is 0 Å². The maximum absolute atomic E-state index is 6.23. The average molecular weight is 310 g/mol. The van der Waals surface area contributed by atoms with E-state index < -0.39 is 0 Å². The normalized spacial score (nSPS) is 22.3. The van der Waals surface area contributed by atoms with Crippen LogP contribution in [-0.2, 0) is 4.74 Å². The molecule has 0 saturated heterocycles. The molecule has 1 aliphatic carbocycles. The summed E-state index contributed by atoms with van der Waals surface area (Å²) in [6.07, 6.45) is 15.5. The summed E-state index contributed by atoms with van der Waals surface area (Å²) in [5.41, 5.74) is 1.56. The molecule has 0 aromatic rings. The zero-order valence-corrected chi connectivity index (χ0v) is 15.4. The number of hydrogen-bond donors (Lipinski definition) is 1. The fourth-order valence-electron chi connectivity index (χ4n) is 3.19. The van der Waals surface area contributed by atoms with Gasteiger partial charge >= 0.3 is 0 Å². The molecule has 1 N–H and O–H groups in total. The first-order valence-electron chi connectivity index (χ1n) is 9.87. The van der Waals surface area contributed by atoms with Gasteiger partial charge in [-0.05, 0) is 51.1 Å². The highest BCUT2D eigenvalue weighted by Crippen LogP contribution is 2.25. The SMILES string of the molecule is CCCCNC(C)/C1=C(\OCCCC)CCCCCCCC1. The van der Waals surface area contributed by atoms with Crippen LogP contribution in [0.5, 0.6) is 0 Å². The monoisotopic (exact) mass is 309 g/mol. The van der Waals surface area contributed by atoms with E-state index in [-0.39, 0.29) is 0 Å². The molecule has 1 atom stereocenters. The summed E-state index contributed by atoms with van der Waals surface area (Å²) in [4.78, 5) is 0. The minimum atomic E-state index is 0.475. The van der Waals surface area contributed by atoms with E-state index in [4.69, 9.17) is 4.74 Å². The Morgan fingerprint density at radius 3 is 2.23 bits per heavy atom. The Labute approximate surface area is 139 Å². The molecule has 0 aliphatic heterocycles. The lowest BCUT2D eigenvalue weighted by Crippen LogP contribution is -2.30. The zero-order chi connectivity index (χ0) is 16.0. The van der Waals surface area contributed by atoms with Gasteiger partial charge in [0.1, 0.15) is 0 Å².